The van der Waals surface area contributed by atoms with Crippen LogP contribution in [0.1, 0.15) is 5.56 Å². The van der Waals surface area contributed by atoms with Crippen molar-refractivity contribution in [2.75, 3.05) is 19.5 Å². The van der Waals surface area contributed by atoms with Gasteiger partial charge in [0.05, 0.1) is 19.9 Å². The van der Waals surface area contributed by atoms with Gasteiger partial charge in [0.15, 0.2) is 11.0 Å². The van der Waals surface area contributed by atoms with Crippen LogP contribution in [-0.4, -0.2) is 34.8 Å². The van der Waals surface area contributed by atoms with Crippen molar-refractivity contribution in [3.05, 3.63) is 64.0 Å². The van der Waals surface area contributed by atoms with Crippen molar-refractivity contribution in [2.24, 2.45) is 0 Å². The van der Waals surface area contributed by atoms with Crippen molar-refractivity contribution in [3.63, 3.8) is 0 Å². The van der Waals surface area contributed by atoms with Crippen molar-refractivity contribution in [2.45, 2.75) is 13.5 Å². The normalized spacial score (nSPS) is 10.7. The summed E-state index contributed by atoms with van der Waals surface area (Å²) in [6, 6.07) is 12.8. The highest BCUT2D eigenvalue weighted by Crippen LogP contribution is 2.35. The Labute approximate surface area is 187 Å². The van der Waals surface area contributed by atoms with Gasteiger partial charge in [0.1, 0.15) is 18.0 Å². The first-order valence-electron chi connectivity index (χ1n) is 9.60. The molecule has 0 aliphatic heterocycles. The molecule has 0 saturated heterocycles. The van der Waals surface area contributed by atoms with Crippen LogP contribution >= 0.6 is 11.3 Å². The molecule has 0 bridgehead atoms. The van der Waals surface area contributed by atoms with E-state index in [4.69, 9.17) is 14.0 Å². The molecule has 1 N–H and O–H groups in total. The zero-order valence-corrected chi connectivity index (χ0v) is 18.4. The van der Waals surface area contributed by atoms with Gasteiger partial charge in [-0.25, -0.2) is 14.3 Å². The highest BCUT2D eigenvalue weighted by molar-refractivity contribution is 7.14. The Bertz CT molecular complexity index is 1320. The first-order valence-corrected chi connectivity index (χ1v) is 10.5. The average molecular weight is 452 g/mol. The van der Waals surface area contributed by atoms with Crippen molar-refractivity contribution in [1.29, 1.82) is 0 Å². The van der Waals surface area contributed by atoms with Gasteiger partial charge in [0.2, 0.25) is 5.91 Å². The van der Waals surface area contributed by atoms with E-state index in [1.54, 1.807) is 31.7 Å². The van der Waals surface area contributed by atoms with Crippen LogP contribution in [0, 0.1) is 6.92 Å². The van der Waals surface area contributed by atoms with Gasteiger partial charge in [-0.2, -0.15) is 0 Å². The molecule has 1 amide bonds. The molecule has 164 valence electrons. The Hall–Kier alpha value is -3.92. The Morgan fingerprint density at radius 1 is 1.16 bits per heavy atom. The van der Waals surface area contributed by atoms with E-state index in [9.17, 15) is 9.59 Å². The lowest BCUT2D eigenvalue weighted by Crippen LogP contribution is -2.25. The number of aryl methyl sites for hydroxylation is 1. The van der Waals surface area contributed by atoms with Gasteiger partial charge >= 0.3 is 5.76 Å². The smallest absolute Gasteiger partial charge is 0.442 e. The van der Waals surface area contributed by atoms with Crippen molar-refractivity contribution in [3.8, 4) is 34.1 Å². The molecule has 0 aliphatic carbocycles. The summed E-state index contributed by atoms with van der Waals surface area (Å²) in [5.74, 6) is 0.454. The first-order chi connectivity index (χ1) is 15.5. The number of anilines is 1. The quantitative estimate of drug-likeness (QED) is 0.456. The van der Waals surface area contributed by atoms with E-state index in [1.807, 2.05) is 37.3 Å². The Morgan fingerprint density at radius 3 is 2.72 bits per heavy atom. The van der Waals surface area contributed by atoms with Gasteiger partial charge < -0.3 is 14.8 Å². The summed E-state index contributed by atoms with van der Waals surface area (Å²) in [6.45, 7) is 1.63. The summed E-state index contributed by atoms with van der Waals surface area (Å²) in [6.07, 6.45) is 0. The second kappa shape index (κ2) is 9.06. The number of carbonyl (C=O) groups excluding carboxylic acids is 1. The number of nitrogens with one attached hydrogen (secondary N) is 1. The number of benzene rings is 2. The highest BCUT2D eigenvalue weighted by Gasteiger charge is 2.18. The Balaban J connectivity index is 1.54. The molecule has 0 unspecified atom stereocenters. The van der Waals surface area contributed by atoms with Crippen LogP contribution in [0.25, 0.3) is 22.6 Å². The van der Waals surface area contributed by atoms with Gasteiger partial charge in [-0.3, -0.25) is 9.32 Å². The van der Waals surface area contributed by atoms with Crippen molar-refractivity contribution < 1.29 is 18.8 Å². The van der Waals surface area contributed by atoms with E-state index < -0.39 is 11.7 Å². The molecule has 2 heterocycles. The third-order valence-electron chi connectivity index (χ3n) is 4.81. The lowest BCUT2D eigenvalue weighted by molar-refractivity contribution is -0.116. The number of ether oxygens (including phenoxy) is 2. The lowest BCUT2D eigenvalue weighted by atomic mass is 10.1. The monoisotopic (exact) mass is 452 g/mol. The van der Waals surface area contributed by atoms with E-state index in [0.29, 0.717) is 33.7 Å². The third-order valence-corrected chi connectivity index (χ3v) is 5.56. The van der Waals surface area contributed by atoms with E-state index in [-0.39, 0.29) is 6.54 Å². The fourth-order valence-electron chi connectivity index (χ4n) is 3.20. The minimum atomic E-state index is -0.709. The van der Waals surface area contributed by atoms with Crippen LogP contribution in [0.3, 0.4) is 0 Å². The number of amides is 1. The average Bonchev–Trinajstić information content (AvgIpc) is 3.40. The molecule has 0 aliphatic rings. The van der Waals surface area contributed by atoms with Gasteiger partial charge in [-0.05, 0) is 30.7 Å². The number of carbonyl (C=O) groups is 1. The van der Waals surface area contributed by atoms with E-state index in [0.717, 1.165) is 11.1 Å². The molecule has 0 atom stereocenters. The molecule has 2 aromatic carbocycles. The number of aromatic nitrogens is 3. The van der Waals surface area contributed by atoms with Gasteiger partial charge in [0, 0.05) is 16.5 Å². The Morgan fingerprint density at radius 2 is 1.97 bits per heavy atom. The first kappa shape index (κ1) is 21.3. The molecular formula is C22H20N4O5S. The highest BCUT2D eigenvalue weighted by atomic mass is 32.1. The number of nitrogens with zero attached hydrogens (tertiary/aromatic N) is 3. The maximum Gasteiger partial charge on any atom is 0.442 e. The third kappa shape index (κ3) is 4.26. The largest absolute Gasteiger partial charge is 0.497 e. The number of methoxy groups -OCH3 is 2. The molecule has 0 fully saturated rings. The van der Waals surface area contributed by atoms with Gasteiger partial charge in [0.25, 0.3) is 0 Å². The van der Waals surface area contributed by atoms with Crippen LogP contribution in [-0.2, 0) is 11.3 Å². The zero-order chi connectivity index (χ0) is 22.7. The predicted octanol–water partition coefficient (Wildman–Crippen LogP) is 3.59. The van der Waals surface area contributed by atoms with Crippen LogP contribution < -0.4 is 20.5 Å². The molecule has 0 radical (unpaired) electrons. The minimum absolute atomic E-state index is 0.261. The second-order valence-corrected chi connectivity index (χ2v) is 7.68. The van der Waals surface area contributed by atoms with Crippen molar-refractivity contribution >= 4 is 22.4 Å². The van der Waals surface area contributed by atoms with Crippen LogP contribution in [0.5, 0.6) is 11.5 Å². The predicted molar refractivity (Wildman–Crippen MR) is 120 cm³/mol. The molecule has 10 heteroatoms. The SMILES string of the molecule is COc1ccc(OC)c(-c2csc(NC(=O)Cn3c(-c4ccccc4C)noc3=O)n2)c1. The molecule has 0 spiro atoms. The van der Waals surface area contributed by atoms with E-state index in [1.165, 1.54) is 15.9 Å². The van der Waals surface area contributed by atoms with Crippen molar-refractivity contribution in [1.82, 2.24) is 14.7 Å². The molecule has 9 nitrogen and oxygen atoms in total. The minimum Gasteiger partial charge on any atom is -0.497 e. The number of rotatable bonds is 7. The van der Waals surface area contributed by atoms with E-state index >= 15 is 0 Å². The zero-order valence-electron chi connectivity index (χ0n) is 17.6. The summed E-state index contributed by atoms with van der Waals surface area (Å²) in [7, 11) is 3.15. The lowest BCUT2D eigenvalue weighted by Gasteiger charge is -2.08. The van der Waals surface area contributed by atoms with E-state index in [2.05, 4.69) is 15.5 Å². The maximum atomic E-state index is 12.7. The van der Waals surface area contributed by atoms with Gasteiger partial charge in [-0.15, -0.1) is 11.3 Å². The van der Waals surface area contributed by atoms with Crippen LogP contribution in [0.4, 0.5) is 5.13 Å². The summed E-state index contributed by atoms with van der Waals surface area (Å²) in [5.41, 5.74) is 2.99. The van der Waals surface area contributed by atoms with Crippen LogP contribution in [0.2, 0.25) is 0 Å². The molecule has 4 rings (SSSR count). The van der Waals surface area contributed by atoms with Gasteiger partial charge in [-0.1, -0.05) is 29.4 Å². The molecular weight excluding hydrogens is 432 g/mol. The fraction of sp³-hybridized carbons (Fsp3) is 0.182. The van der Waals surface area contributed by atoms with Crippen LogP contribution in [0.15, 0.2) is 57.2 Å². The second-order valence-electron chi connectivity index (χ2n) is 6.83. The summed E-state index contributed by atoms with van der Waals surface area (Å²) in [4.78, 5) is 29.3. The molecule has 2 aromatic heterocycles. The standard InChI is InChI=1S/C22H20N4O5S/c1-13-6-4-5-7-15(13)20-25-31-22(28)26(20)11-19(27)24-21-23-17(12-32-21)16-10-14(29-2)8-9-18(16)30-3/h4-10,12H,11H2,1-3H3,(H,23,24,27). The Kier molecular flexibility index (Phi) is 6.04. The maximum absolute atomic E-state index is 12.7. The number of thiazole rings is 1. The number of hydrogen-bond donors (Lipinski definition) is 1. The summed E-state index contributed by atoms with van der Waals surface area (Å²) >= 11 is 1.26. The number of hydrogen-bond acceptors (Lipinski definition) is 8. The molecule has 32 heavy (non-hydrogen) atoms. The summed E-state index contributed by atoms with van der Waals surface area (Å²) < 4.78 is 16.7. The fourth-order valence-corrected chi connectivity index (χ4v) is 3.92. The topological polar surface area (TPSA) is 108 Å². The molecule has 4 aromatic rings. The molecule has 0 saturated carbocycles. The summed E-state index contributed by atoms with van der Waals surface area (Å²) in [5, 5.41) is 8.76.